The van der Waals surface area contributed by atoms with Crippen molar-refractivity contribution in [2.24, 2.45) is 0 Å². The Bertz CT molecular complexity index is 599. The number of nitrogens with one attached hydrogen (secondary N) is 1. The van der Waals surface area contributed by atoms with E-state index < -0.39 is 10.0 Å². The highest BCUT2D eigenvalue weighted by Gasteiger charge is 2.32. The molecule has 4 nitrogen and oxygen atoms in total. The minimum absolute atomic E-state index is 0.0233. The summed E-state index contributed by atoms with van der Waals surface area (Å²) < 4.78 is 28.4. The first-order valence-corrected chi connectivity index (χ1v) is 10.5. The van der Waals surface area contributed by atoms with Gasteiger partial charge in [0.2, 0.25) is 10.0 Å². The maximum Gasteiger partial charge on any atom is 0.242 e. The van der Waals surface area contributed by atoms with Crippen molar-refractivity contribution in [3.63, 3.8) is 0 Å². The quantitative estimate of drug-likeness (QED) is 0.753. The molecule has 1 aliphatic carbocycles. The molecule has 21 heavy (non-hydrogen) atoms. The highest BCUT2D eigenvalue weighted by atomic mass is 79.9. The summed E-state index contributed by atoms with van der Waals surface area (Å²) in [6, 6.07) is 4.84. The Morgan fingerprint density at radius 3 is 2.57 bits per heavy atom. The Morgan fingerprint density at radius 1 is 1.33 bits per heavy atom. The lowest BCUT2D eigenvalue weighted by atomic mass is 9.88. The van der Waals surface area contributed by atoms with E-state index in [-0.39, 0.29) is 15.3 Å². The van der Waals surface area contributed by atoms with Gasteiger partial charge in [-0.05, 0) is 37.3 Å². The van der Waals surface area contributed by atoms with Crippen molar-refractivity contribution < 1.29 is 8.42 Å². The molecule has 0 saturated heterocycles. The molecule has 1 aromatic carbocycles. The van der Waals surface area contributed by atoms with Gasteiger partial charge in [0.25, 0.3) is 0 Å². The number of nitrogens with two attached hydrogens (primary N) is 1. The minimum Gasteiger partial charge on any atom is -0.398 e. The topological polar surface area (TPSA) is 72.2 Å². The van der Waals surface area contributed by atoms with Gasteiger partial charge < -0.3 is 5.73 Å². The van der Waals surface area contributed by atoms with E-state index in [1.165, 1.54) is 25.3 Å². The first-order chi connectivity index (χ1) is 9.88. The molecule has 1 aliphatic rings. The minimum atomic E-state index is -3.56. The molecule has 1 aromatic rings. The van der Waals surface area contributed by atoms with Crippen LogP contribution in [0.3, 0.4) is 0 Å². The highest BCUT2D eigenvalue weighted by Crippen LogP contribution is 2.38. The summed E-state index contributed by atoms with van der Waals surface area (Å²) in [5.74, 6) is 0. The molecule has 118 valence electrons. The van der Waals surface area contributed by atoms with E-state index in [4.69, 9.17) is 5.73 Å². The second kappa shape index (κ2) is 6.89. The zero-order valence-corrected chi connectivity index (χ0v) is 15.3. The number of hydrogen-bond donors (Lipinski definition) is 2. The van der Waals surface area contributed by atoms with Gasteiger partial charge in [-0.25, -0.2) is 13.1 Å². The van der Waals surface area contributed by atoms with E-state index in [2.05, 4.69) is 26.9 Å². The number of hydrogen-bond acceptors (Lipinski definition) is 4. The number of thioether (sulfide) groups is 1. The Hall–Kier alpha value is -0.240. The van der Waals surface area contributed by atoms with Gasteiger partial charge in [0.15, 0.2) is 0 Å². The zero-order valence-electron chi connectivity index (χ0n) is 12.1. The summed E-state index contributed by atoms with van der Waals surface area (Å²) >= 11 is 5.06. The van der Waals surface area contributed by atoms with Crippen molar-refractivity contribution in [1.29, 1.82) is 0 Å². The average molecular weight is 393 g/mol. The van der Waals surface area contributed by atoms with Crippen LogP contribution in [0, 0.1) is 0 Å². The average Bonchev–Trinajstić information content (AvgIpc) is 2.46. The lowest BCUT2D eigenvalue weighted by Gasteiger charge is -2.35. The highest BCUT2D eigenvalue weighted by molar-refractivity contribution is 9.10. The molecule has 0 radical (unpaired) electrons. The smallest absolute Gasteiger partial charge is 0.242 e. The van der Waals surface area contributed by atoms with E-state index in [0.29, 0.717) is 6.54 Å². The molecule has 0 spiro atoms. The third kappa shape index (κ3) is 4.15. The Labute approximate surface area is 139 Å². The van der Waals surface area contributed by atoms with Gasteiger partial charge in [-0.1, -0.05) is 35.2 Å². The molecule has 0 atom stereocenters. The maximum atomic E-state index is 12.4. The molecule has 0 aliphatic heterocycles. The molecule has 0 heterocycles. The summed E-state index contributed by atoms with van der Waals surface area (Å²) in [5.41, 5.74) is 6.09. The summed E-state index contributed by atoms with van der Waals surface area (Å²) in [7, 11) is -3.56. The van der Waals surface area contributed by atoms with E-state index in [1.54, 1.807) is 23.9 Å². The second-order valence-corrected chi connectivity index (χ2v) is 9.38. The molecule has 3 N–H and O–H groups in total. The summed E-state index contributed by atoms with van der Waals surface area (Å²) in [4.78, 5) is 0.151. The molecule has 1 fully saturated rings. The van der Waals surface area contributed by atoms with E-state index >= 15 is 0 Å². The lowest BCUT2D eigenvalue weighted by Crippen LogP contribution is -2.41. The van der Waals surface area contributed by atoms with Crippen LogP contribution in [-0.4, -0.2) is 26.0 Å². The second-order valence-electron chi connectivity index (χ2n) is 5.45. The molecule has 0 unspecified atom stereocenters. The fraction of sp³-hybridized carbons (Fsp3) is 0.571. The van der Waals surface area contributed by atoms with Gasteiger partial charge in [0.1, 0.15) is 4.90 Å². The summed E-state index contributed by atoms with van der Waals surface area (Å²) in [6.45, 7) is 0.464. The van der Waals surface area contributed by atoms with Crippen molar-refractivity contribution in [3.8, 4) is 0 Å². The predicted octanol–water partition coefficient (Wildman–Crippen LogP) is 3.38. The summed E-state index contributed by atoms with van der Waals surface area (Å²) in [6.07, 6.45) is 7.77. The van der Waals surface area contributed by atoms with E-state index in [1.807, 2.05) is 0 Å². The fourth-order valence-corrected chi connectivity index (χ4v) is 5.34. The van der Waals surface area contributed by atoms with Crippen LogP contribution in [0.2, 0.25) is 0 Å². The Morgan fingerprint density at radius 2 is 2.00 bits per heavy atom. The molecular weight excluding hydrogens is 372 g/mol. The van der Waals surface area contributed by atoms with Crippen LogP contribution in [0.25, 0.3) is 0 Å². The van der Waals surface area contributed by atoms with Crippen LogP contribution in [0.5, 0.6) is 0 Å². The molecule has 2 rings (SSSR count). The van der Waals surface area contributed by atoms with Gasteiger partial charge in [-0.3, -0.25) is 0 Å². The van der Waals surface area contributed by atoms with E-state index in [0.717, 1.165) is 17.3 Å². The van der Waals surface area contributed by atoms with Crippen LogP contribution in [-0.2, 0) is 10.0 Å². The molecule has 0 aromatic heterocycles. The van der Waals surface area contributed by atoms with Gasteiger partial charge in [0, 0.05) is 15.8 Å². The van der Waals surface area contributed by atoms with Crippen LogP contribution in [0.4, 0.5) is 5.69 Å². The van der Waals surface area contributed by atoms with Crippen LogP contribution < -0.4 is 10.5 Å². The molecule has 0 bridgehead atoms. The first kappa shape index (κ1) is 17.1. The Balaban J connectivity index is 2.13. The maximum absolute atomic E-state index is 12.4. The third-order valence-electron chi connectivity index (χ3n) is 4.04. The molecule has 1 saturated carbocycles. The third-order valence-corrected chi connectivity index (χ3v) is 7.43. The van der Waals surface area contributed by atoms with E-state index in [9.17, 15) is 8.42 Å². The summed E-state index contributed by atoms with van der Waals surface area (Å²) in [5, 5.41) is 0. The van der Waals surface area contributed by atoms with Crippen molar-refractivity contribution in [1.82, 2.24) is 4.72 Å². The van der Waals surface area contributed by atoms with Gasteiger partial charge in [0.05, 0.1) is 5.69 Å². The largest absolute Gasteiger partial charge is 0.398 e. The van der Waals surface area contributed by atoms with Crippen LogP contribution in [0.15, 0.2) is 27.6 Å². The number of nitrogen functional groups attached to an aromatic ring is 1. The van der Waals surface area contributed by atoms with Crippen LogP contribution in [0.1, 0.15) is 32.1 Å². The number of benzene rings is 1. The predicted molar refractivity (Wildman–Crippen MR) is 93.1 cm³/mol. The SMILES string of the molecule is CSC1(CNS(=O)(=O)c2ccc(Br)cc2N)CCCCC1. The fourth-order valence-electron chi connectivity index (χ4n) is 2.72. The number of rotatable bonds is 5. The number of anilines is 1. The van der Waals surface area contributed by atoms with Gasteiger partial charge >= 0.3 is 0 Å². The standard InChI is InChI=1S/C14H21BrN2O2S2/c1-20-14(7-3-2-4-8-14)10-17-21(18,19)13-6-5-11(15)9-12(13)16/h5-6,9,17H,2-4,7-8,10,16H2,1H3. The van der Waals surface area contributed by atoms with Gasteiger partial charge in [-0.15, -0.1) is 0 Å². The number of sulfonamides is 1. The number of halogens is 1. The lowest BCUT2D eigenvalue weighted by molar-refractivity contribution is 0.395. The normalized spacial score (nSPS) is 18.6. The monoisotopic (exact) mass is 392 g/mol. The zero-order chi connectivity index (χ0) is 15.5. The van der Waals surface area contributed by atoms with Gasteiger partial charge in [-0.2, -0.15) is 11.8 Å². The first-order valence-electron chi connectivity index (χ1n) is 6.98. The molecule has 7 heteroatoms. The van der Waals surface area contributed by atoms with Crippen molar-refractivity contribution in [3.05, 3.63) is 22.7 Å². The van der Waals surface area contributed by atoms with Crippen molar-refractivity contribution >= 4 is 43.4 Å². The molecular formula is C14H21BrN2O2S2. The van der Waals surface area contributed by atoms with Crippen molar-refractivity contribution in [2.75, 3.05) is 18.5 Å². The molecule has 0 amide bonds. The van der Waals surface area contributed by atoms with Crippen LogP contribution >= 0.6 is 27.7 Å². The van der Waals surface area contributed by atoms with Crippen molar-refractivity contribution in [2.45, 2.75) is 41.7 Å². The Kier molecular flexibility index (Phi) is 5.62.